The van der Waals surface area contributed by atoms with Gasteiger partial charge in [0, 0.05) is 32.1 Å². The Labute approximate surface area is 121 Å². The Kier molecular flexibility index (Phi) is 5.99. The molecule has 0 spiro atoms. The third-order valence-corrected chi connectivity index (χ3v) is 4.82. The van der Waals surface area contributed by atoms with E-state index < -0.39 is 11.4 Å². The van der Waals surface area contributed by atoms with Gasteiger partial charge in [-0.1, -0.05) is 20.8 Å². The van der Waals surface area contributed by atoms with E-state index in [1.54, 1.807) is 0 Å². The summed E-state index contributed by atoms with van der Waals surface area (Å²) in [4.78, 5) is 28.1. The number of carbonyl (C=O) groups excluding carboxylic acids is 1. The smallest absolute Gasteiger partial charge is 0.310 e. The molecule has 1 rings (SSSR count). The molecule has 1 aliphatic heterocycles. The maximum absolute atomic E-state index is 12.4. The van der Waals surface area contributed by atoms with E-state index in [9.17, 15) is 14.7 Å². The first-order valence-corrected chi connectivity index (χ1v) is 7.65. The van der Waals surface area contributed by atoms with E-state index in [1.807, 2.05) is 18.7 Å². The average Bonchev–Trinajstić information content (AvgIpc) is 2.44. The molecule has 0 radical (unpaired) electrons. The number of hydrogen-bond donors (Lipinski definition) is 1. The van der Waals surface area contributed by atoms with Crippen LogP contribution in [0.1, 0.15) is 47.0 Å². The van der Waals surface area contributed by atoms with Gasteiger partial charge >= 0.3 is 5.97 Å². The lowest BCUT2D eigenvalue weighted by Gasteiger charge is -2.40. The Bertz CT molecular complexity index is 353. The van der Waals surface area contributed by atoms with Gasteiger partial charge in [-0.2, -0.15) is 0 Å². The summed E-state index contributed by atoms with van der Waals surface area (Å²) < 4.78 is 0. The van der Waals surface area contributed by atoms with E-state index >= 15 is 0 Å². The molecule has 5 heteroatoms. The summed E-state index contributed by atoms with van der Waals surface area (Å²) in [6.45, 7) is 11.2. The summed E-state index contributed by atoms with van der Waals surface area (Å²) in [6, 6.07) is 0.347. The second-order valence-electron chi connectivity index (χ2n) is 5.79. The van der Waals surface area contributed by atoms with E-state index in [1.165, 1.54) is 0 Å². The first kappa shape index (κ1) is 17.0. The Morgan fingerprint density at radius 3 is 2.20 bits per heavy atom. The van der Waals surface area contributed by atoms with Gasteiger partial charge in [-0.25, -0.2) is 0 Å². The lowest BCUT2D eigenvalue weighted by atomic mass is 9.79. The highest BCUT2D eigenvalue weighted by Crippen LogP contribution is 2.32. The van der Waals surface area contributed by atoms with E-state index in [0.29, 0.717) is 32.0 Å². The quantitative estimate of drug-likeness (QED) is 0.808. The number of carboxylic acid groups (broad SMARTS) is 1. The van der Waals surface area contributed by atoms with Gasteiger partial charge in [-0.3, -0.25) is 14.5 Å². The highest BCUT2D eigenvalue weighted by atomic mass is 16.4. The van der Waals surface area contributed by atoms with Crippen LogP contribution in [0.5, 0.6) is 0 Å². The van der Waals surface area contributed by atoms with Crippen molar-refractivity contribution in [1.29, 1.82) is 0 Å². The van der Waals surface area contributed by atoms with Gasteiger partial charge in [0.15, 0.2) is 0 Å². The number of aliphatic carboxylic acids is 1. The normalized spacial score (nSPS) is 21.0. The Morgan fingerprint density at radius 1 is 1.20 bits per heavy atom. The van der Waals surface area contributed by atoms with Gasteiger partial charge in [-0.05, 0) is 26.3 Å². The molecule has 1 unspecified atom stereocenters. The topological polar surface area (TPSA) is 60.9 Å². The summed E-state index contributed by atoms with van der Waals surface area (Å²) in [6.07, 6.45) is 1.11. The fourth-order valence-corrected chi connectivity index (χ4v) is 2.97. The van der Waals surface area contributed by atoms with Crippen LogP contribution in [0.25, 0.3) is 0 Å². The van der Waals surface area contributed by atoms with Crippen LogP contribution in [0.15, 0.2) is 0 Å². The van der Waals surface area contributed by atoms with Crippen LogP contribution in [-0.4, -0.2) is 59.0 Å². The van der Waals surface area contributed by atoms with Crippen LogP contribution in [0.4, 0.5) is 0 Å². The lowest BCUT2D eigenvalue weighted by Crippen LogP contribution is -2.54. The molecule has 0 saturated carbocycles. The highest BCUT2D eigenvalue weighted by molar-refractivity contribution is 5.85. The van der Waals surface area contributed by atoms with Crippen LogP contribution < -0.4 is 0 Å². The molecule has 0 aliphatic carbocycles. The van der Waals surface area contributed by atoms with Crippen molar-refractivity contribution in [1.82, 2.24) is 9.80 Å². The summed E-state index contributed by atoms with van der Waals surface area (Å²) in [7, 11) is 0. The zero-order chi connectivity index (χ0) is 15.3. The largest absolute Gasteiger partial charge is 0.481 e. The predicted octanol–water partition coefficient (Wildman–Crippen LogP) is 1.82. The molecule has 0 aromatic rings. The zero-order valence-corrected chi connectivity index (χ0v) is 13.2. The summed E-state index contributed by atoms with van der Waals surface area (Å²) >= 11 is 0. The number of carboxylic acids is 1. The summed E-state index contributed by atoms with van der Waals surface area (Å²) in [5.74, 6) is -0.866. The Hall–Kier alpha value is -1.10. The van der Waals surface area contributed by atoms with Crippen molar-refractivity contribution in [3.8, 4) is 0 Å². The maximum Gasteiger partial charge on any atom is 0.310 e. The lowest BCUT2D eigenvalue weighted by molar-refractivity contribution is -0.155. The molecule has 1 fully saturated rings. The highest BCUT2D eigenvalue weighted by Gasteiger charge is 2.39. The van der Waals surface area contributed by atoms with E-state index in [-0.39, 0.29) is 12.3 Å². The molecular formula is C15H28N2O3. The van der Waals surface area contributed by atoms with Crippen LogP contribution in [0.3, 0.4) is 0 Å². The number of nitrogens with zero attached hydrogens (tertiary/aromatic N) is 2. The first-order valence-electron chi connectivity index (χ1n) is 7.65. The van der Waals surface area contributed by atoms with Crippen molar-refractivity contribution in [3.05, 3.63) is 0 Å². The summed E-state index contributed by atoms with van der Waals surface area (Å²) in [5, 5.41) is 9.42. The fraction of sp³-hybridized carbons (Fsp3) is 0.867. The molecule has 0 bridgehead atoms. The Morgan fingerprint density at radius 2 is 1.80 bits per heavy atom. The number of rotatable bonds is 6. The molecule has 1 saturated heterocycles. The molecule has 0 aromatic heterocycles. The standard InChI is InChI=1S/C15H28N2O3/c1-5-15(6-2,14(19)20)10-13(18)17-9-8-16(7-3)12(4)11-17/h12H,5-11H2,1-4H3,(H,19,20). The van der Waals surface area contributed by atoms with E-state index in [0.717, 1.165) is 13.1 Å². The molecule has 5 nitrogen and oxygen atoms in total. The van der Waals surface area contributed by atoms with Crippen LogP contribution in [-0.2, 0) is 9.59 Å². The van der Waals surface area contributed by atoms with Crippen molar-refractivity contribution < 1.29 is 14.7 Å². The van der Waals surface area contributed by atoms with Gasteiger partial charge in [0.05, 0.1) is 5.41 Å². The zero-order valence-electron chi connectivity index (χ0n) is 13.2. The molecule has 20 heavy (non-hydrogen) atoms. The Balaban J connectivity index is 2.69. The fourth-order valence-electron chi connectivity index (χ4n) is 2.97. The van der Waals surface area contributed by atoms with Gasteiger partial charge in [0.1, 0.15) is 0 Å². The molecule has 1 aliphatic rings. The average molecular weight is 284 g/mol. The third kappa shape index (κ3) is 3.51. The molecule has 0 aromatic carbocycles. The molecule has 116 valence electrons. The van der Waals surface area contributed by atoms with Crippen molar-refractivity contribution in [2.45, 2.75) is 53.0 Å². The van der Waals surface area contributed by atoms with Crippen molar-refractivity contribution in [2.24, 2.45) is 5.41 Å². The van der Waals surface area contributed by atoms with Crippen LogP contribution in [0.2, 0.25) is 0 Å². The van der Waals surface area contributed by atoms with Gasteiger partial charge in [0.25, 0.3) is 0 Å². The van der Waals surface area contributed by atoms with Crippen molar-refractivity contribution in [3.63, 3.8) is 0 Å². The second-order valence-corrected chi connectivity index (χ2v) is 5.79. The number of amides is 1. The maximum atomic E-state index is 12.4. The predicted molar refractivity (Wildman–Crippen MR) is 78.6 cm³/mol. The van der Waals surface area contributed by atoms with Crippen LogP contribution >= 0.6 is 0 Å². The van der Waals surface area contributed by atoms with Crippen molar-refractivity contribution in [2.75, 3.05) is 26.2 Å². The molecule has 1 heterocycles. The van der Waals surface area contributed by atoms with Gasteiger partial charge in [-0.15, -0.1) is 0 Å². The molecule has 1 N–H and O–H groups in total. The minimum atomic E-state index is -0.901. The second kappa shape index (κ2) is 7.07. The number of piperazine rings is 1. The third-order valence-electron chi connectivity index (χ3n) is 4.82. The SMILES string of the molecule is CCN1CCN(C(=O)CC(CC)(CC)C(=O)O)CC1C. The van der Waals surface area contributed by atoms with E-state index in [4.69, 9.17) is 0 Å². The number of likely N-dealkylation sites (N-methyl/N-ethyl adjacent to an activating group) is 1. The van der Waals surface area contributed by atoms with Gasteiger partial charge in [0.2, 0.25) is 5.91 Å². The molecule has 1 atom stereocenters. The summed E-state index contributed by atoms with van der Waals surface area (Å²) in [5.41, 5.74) is -0.901. The minimum Gasteiger partial charge on any atom is -0.481 e. The minimum absolute atomic E-state index is 0.0151. The first-order chi connectivity index (χ1) is 9.40. The number of carbonyl (C=O) groups is 2. The van der Waals surface area contributed by atoms with Crippen molar-refractivity contribution >= 4 is 11.9 Å². The van der Waals surface area contributed by atoms with E-state index in [2.05, 4.69) is 18.7 Å². The van der Waals surface area contributed by atoms with Crippen LogP contribution in [0, 0.1) is 5.41 Å². The number of hydrogen-bond acceptors (Lipinski definition) is 3. The van der Waals surface area contributed by atoms with Gasteiger partial charge < -0.3 is 10.0 Å². The molecular weight excluding hydrogens is 256 g/mol. The monoisotopic (exact) mass is 284 g/mol. The molecule has 1 amide bonds.